The summed E-state index contributed by atoms with van der Waals surface area (Å²) >= 11 is 1.37. The third-order valence-corrected chi connectivity index (χ3v) is 5.32. The van der Waals surface area contributed by atoms with Gasteiger partial charge < -0.3 is 4.90 Å². The molecule has 1 atom stereocenters. The van der Waals surface area contributed by atoms with E-state index in [9.17, 15) is 4.79 Å². The van der Waals surface area contributed by atoms with Crippen LogP contribution in [-0.4, -0.2) is 43.3 Å². The molecule has 140 valence electrons. The van der Waals surface area contributed by atoms with Gasteiger partial charge in [0.2, 0.25) is 11.1 Å². The summed E-state index contributed by atoms with van der Waals surface area (Å²) in [4.78, 5) is 14.5. The Morgan fingerprint density at radius 3 is 2.67 bits per heavy atom. The average molecular weight is 382 g/mol. The summed E-state index contributed by atoms with van der Waals surface area (Å²) in [6, 6.07) is 16.1. The second-order valence-electron chi connectivity index (χ2n) is 6.60. The summed E-state index contributed by atoms with van der Waals surface area (Å²) in [5.41, 5.74) is 4.24. The zero-order chi connectivity index (χ0) is 19.4. The number of thioether (sulfide) groups is 1. The molecule has 3 rings (SSSR count). The molecule has 0 bridgehead atoms. The van der Waals surface area contributed by atoms with E-state index in [2.05, 4.69) is 21.6 Å². The van der Waals surface area contributed by atoms with Crippen LogP contribution in [0.5, 0.6) is 0 Å². The van der Waals surface area contributed by atoms with Crippen LogP contribution in [0.15, 0.2) is 53.7 Å². The van der Waals surface area contributed by atoms with Crippen molar-refractivity contribution in [2.24, 2.45) is 0 Å². The number of tetrazole rings is 1. The molecule has 1 aromatic heterocycles. The average Bonchev–Trinajstić information content (AvgIpc) is 3.11. The highest BCUT2D eigenvalue weighted by atomic mass is 32.2. The Hall–Kier alpha value is -2.67. The van der Waals surface area contributed by atoms with E-state index in [1.165, 1.54) is 11.8 Å². The van der Waals surface area contributed by atoms with Crippen molar-refractivity contribution in [1.82, 2.24) is 25.1 Å². The molecular formula is C20H23N5OS. The van der Waals surface area contributed by atoms with E-state index < -0.39 is 0 Å². The fourth-order valence-electron chi connectivity index (χ4n) is 2.81. The summed E-state index contributed by atoms with van der Waals surface area (Å²) in [5, 5.41) is 12.4. The number of amides is 1. The number of aryl methyl sites for hydroxylation is 2. The number of hydrogen-bond acceptors (Lipinski definition) is 5. The first-order valence-corrected chi connectivity index (χ1v) is 9.65. The summed E-state index contributed by atoms with van der Waals surface area (Å²) in [7, 11) is 1.82. The van der Waals surface area contributed by atoms with Crippen molar-refractivity contribution >= 4 is 17.7 Å². The van der Waals surface area contributed by atoms with E-state index in [0.29, 0.717) is 11.7 Å². The Morgan fingerprint density at radius 2 is 1.93 bits per heavy atom. The van der Waals surface area contributed by atoms with Gasteiger partial charge in [-0.2, -0.15) is 4.68 Å². The van der Waals surface area contributed by atoms with Crippen LogP contribution in [0.4, 0.5) is 0 Å². The van der Waals surface area contributed by atoms with Gasteiger partial charge in [0.15, 0.2) is 0 Å². The predicted molar refractivity (Wildman–Crippen MR) is 107 cm³/mol. The molecule has 7 heteroatoms. The van der Waals surface area contributed by atoms with E-state index in [1.54, 1.807) is 9.58 Å². The number of carbonyl (C=O) groups is 1. The lowest BCUT2D eigenvalue weighted by atomic mass is 10.1. The molecule has 1 heterocycles. The van der Waals surface area contributed by atoms with Crippen molar-refractivity contribution in [3.05, 3.63) is 65.2 Å². The van der Waals surface area contributed by atoms with Gasteiger partial charge in [0.1, 0.15) is 0 Å². The Kier molecular flexibility index (Phi) is 5.91. The standard InChI is InChI=1S/C20H23N5OS/c1-14-10-11-15(2)18(12-14)25-20(21-22-23-25)27-16(3)19(26)24(4)13-17-8-6-5-7-9-17/h5-12,16H,13H2,1-4H3/t16-/m0/s1. The van der Waals surface area contributed by atoms with Crippen LogP contribution in [0.25, 0.3) is 5.69 Å². The van der Waals surface area contributed by atoms with E-state index in [4.69, 9.17) is 0 Å². The van der Waals surface area contributed by atoms with Crippen LogP contribution in [0.1, 0.15) is 23.6 Å². The molecule has 2 aromatic carbocycles. The summed E-state index contributed by atoms with van der Waals surface area (Å²) in [5.74, 6) is 0.0411. The predicted octanol–water partition coefficient (Wildman–Crippen LogP) is 3.42. The minimum Gasteiger partial charge on any atom is -0.340 e. The smallest absolute Gasteiger partial charge is 0.235 e. The Bertz CT molecular complexity index is 925. The lowest BCUT2D eigenvalue weighted by Crippen LogP contribution is -2.33. The van der Waals surface area contributed by atoms with Gasteiger partial charge in [0.25, 0.3) is 0 Å². The Morgan fingerprint density at radius 1 is 1.19 bits per heavy atom. The Labute approximate surface area is 163 Å². The van der Waals surface area contributed by atoms with Crippen LogP contribution in [0.3, 0.4) is 0 Å². The van der Waals surface area contributed by atoms with Crippen molar-refractivity contribution in [2.75, 3.05) is 7.05 Å². The van der Waals surface area contributed by atoms with Gasteiger partial charge in [-0.25, -0.2) is 0 Å². The van der Waals surface area contributed by atoms with Gasteiger partial charge in [0, 0.05) is 13.6 Å². The van der Waals surface area contributed by atoms with E-state index >= 15 is 0 Å². The van der Waals surface area contributed by atoms with Gasteiger partial charge >= 0.3 is 0 Å². The molecule has 0 N–H and O–H groups in total. The van der Waals surface area contributed by atoms with Gasteiger partial charge in [-0.15, -0.1) is 5.10 Å². The highest BCUT2D eigenvalue weighted by Crippen LogP contribution is 2.26. The lowest BCUT2D eigenvalue weighted by Gasteiger charge is -2.21. The highest BCUT2D eigenvalue weighted by Gasteiger charge is 2.22. The molecule has 0 aliphatic rings. The first-order valence-electron chi connectivity index (χ1n) is 8.77. The monoisotopic (exact) mass is 381 g/mol. The minimum atomic E-state index is -0.298. The molecule has 0 aliphatic carbocycles. The first kappa shape index (κ1) is 19.1. The van der Waals surface area contributed by atoms with Gasteiger partial charge in [-0.1, -0.05) is 54.2 Å². The quantitative estimate of drug-likeness (QED) is 0.612. The number of rotatable bonds is 6. The van der Waals surface area contributed by atoms with E-state index in [1.807, 2.05) is 70.3 Å². The van der Waals surface area contributed by atoms with Gasteiger partial charge in [-0.3, -0.25) is 4.79 Å². The lowest BCUT2D eigenvalue weighted by molar-refractivity contribution is -0.129. The van der Waals surface area contributed by atoms with Crippen molar-refractivity contribution in [3.63, 3.8) is 0 Å². The second kappa shape index (κ2) is 8.35. The third-order valence-electron chi connectivity index (χ3n) is 4.30. The van der Waals surface area contributed by atoms with Crippen molar-refractivity contribution < 1.29 is 4.79 Å². The largest absolute Gasteiger partial charge is 0.340 e. The van der Waals surface area contributed by atoms with Crippen LogP contribution in [0.2, 0.25) is 0 Å². The first-order chi connectivity index (χ1) is 13.0. The topological polar surface area (TPSA) is 63.9 Å². The molecule has 1 amide bonds. The normalized spacial score (nSPS) is 12.0. The molecule has 0 fully saturated rings. The van der Waals surface area contributed by atoms with Gasteiger partial charge in [-0.05, 0) is 54.0 Å². The van der Waals surface area contributed by atoms with E-state index in [-0.39, 0.29) is 11.2 Å². The summed E-state index contributed by atoms with van der Waals surface area (Å²) < 4.78 is 1.70. The molecule has 0 spiro atoms. The van der Waals surface area contributed by atoms with Gasteiger partial charge in [0.05, 0.1) is 10.9 Å². The molecule has 0 unspecified atom stereocenters. The van der Waals surface area contributed by atoms with Crippen molar-refractivity contribution in [1.29, 1.82) is 0 Å². The highest BCUT2D eigenvalue weighted by molar-refractivity contribution is 8.00. The molecule has 6 nitrogen and oxygen atoms in total. The van der Waals surface area contributed by atoms with E-state index in [0.717, 1.165) is 22.4 Å². The molecule has 0 radical (unpaired) electrons. The van der Waals surface area contributed by atoms with Crippen molar-refractivity contribution in [2.45, 2.75) is 37.7 Å². The maximum Gasteiger partial charge on any atom is 0.235 e. The fraction of sp³-hybridized carbons (Fsp3) is 0.300. The Balaban J connectivity index is 1.73. The summed E-state index contributed by atoms with van der Waals surface area (Å²) in [6.45, 7) is 6.51. The summed E-state index contributed by atoms with van der Waals surface area (Å²) in [6.07, 6.45) is 0. The number of aromatic nitrogens is 4. The SMILES string of the molecule is Cc1ccc(C)c(-n2nnnc2S[C@@H](C)C(=O)N(C)Cc2ccccc2)c1. The third kappa shape index (κ3) is 4.54. The number of carbonyl (C=O) groups excluding carboxylic acids is 1. The van der Waals surface area contributed by atoms with Crippen LogP contribution in [-0.2, 0) is 11.3 Å². The zero-order valence-corrected chi connectivity index (χ0v) is 16.8. The molecule has 0 aliphatic heterocycles. The second-order valence-corrected chi connectivity index (χ2v) is 7.91. The zero-order valence-electron chi connectivity index (χ0n) is 16.0. The molecular weight excluding hydrogens is 358 g/mol. The molecule has 3 aromatic rings. The van der Waals surface area contributed by atoms with Crippen LogP contribution >= 0.6 is 11.8 Å². The number of nitrogens with zero attached hydrogens (tertiary/aromatic N) is 5. The fourth-order valence-corrected chi connectivity index (χ4v) is 3.72. The number of benzene rings is 2. The van der Waals surface area contributed by atoms with Crippen LogP contribution in [0, 0.1) is 13.8 Å². The molecule has 0 saturated heterocycles. The minimum absolute atomic E-state index is 0.0411. The number of hydrogen-bond donors (Lipinski definition) is 0. The maximum atomic E-state index is 12.8. The molecule has 0 saturated carbocycles. The maximum absolute atomic E-state index is 12.8. The van der Waals surface area contributed by atoms with Crippen LogP contribution < -0.4 is 0 Å². The molecule has 27 heavy (non-hydrogen) atoms. The van der Waals surface area contributed by atoms with Crippen molar-refractivity contribution in [3.8, 4) is 5.69 Å².